The van der Waals surface area contributed by atoms with E-state index in [2.05, 4.69) is 0 Å². The molecule has 0 atom stereocenters. The van der Waals surface area contributed by atoms with Gasteiger partial charge in [-0.2, -0.15) is 5.26 Å². The van der Waals surface area contributed by atoms with E-state index in [9.17, 15) is 0 Å². The van der Waals surface area contributed by atoms with E-state index in [0.29, 0.717) is 27.8 Å². The van der Waals surface area contributed by atoms with Gasteiger partial charge in [0.05, 0.1) is 12.7 Å². The van der Waals surface area contributed by atoms with Crippen LogP contribution < -0.4 is 9.47 Å². The molecule has 0 amide bonds. The minimum absolute atomic E-state index is 0.383. The molecule has 90 valence electrons. The summed E-state index contributed by atoms with van der Waals surface area (Å²) in [6.45, 7) is 0. The van der Waals surface area contributed by atoms with Gasteiger partial charge in [0.15, 0.2) is 11.5 Å². The normalized spacial score (nSPS) is 9.61. The Morgan fingerprint density at radius 1 is 1.06 bits per heavy atom. The highest BCUT2D eigenvalue weighted by molar-refractivity contribution is 6.30. The second-order valence-electron chi connectivity index (χ2n) is 3.51. The summed E-state index contributed by atoms with van der Waals surface area (Å²) < 4.78 is 10.9. The van der Waals surface area contributed by atoms with Gasteiger partial charge in [-0.05, 0) is 30.3 Å². The molecule has 2 rings (SSSR count). The van der Waals surface area contributed by atoms with Crippen molar-refractivity contribution in [1.82, 2.24) is 0 Å². The average Bonchev–Trinajstić information content (AvgIpc) is 2.41. The van der Waals surface area contributed by atoms with Crippen LogP contribution >= 0.6 is 11.6 Å². The van der Waals surface area contributed by atoms with Gasteiger partial charge in [-0.25, -0.2) is 0 Å². The number of benzene rings is 2. The SMILES string of the molecule is COc1ccccc1Oc1ccc(Cl)cc1C#N. The first kappa shape index (κ1) is 12.3. The van der Waals surface area contributed by atoms with E-state index in [0.717, 1.165) is 0 Å². The molecular formula is C14H10ClNO2. The first-order valence-corrected chi connectivity index (χ1v) is 5.63. The number of ether oxygens (including phenoxy) is 2. The van der Waals surface area contributed by atoms with E-state index in [1.807, 2.05) is 18.2 Å². The molecule has 18 heavy (non-hydrogen) atoms. The first-order valence-electron chi connectivity index (χ1n) is 5.25. The maximum absolute atomic E-state index is 9.03. The fourth-order valence-electron chi connectivity index (χ4n) is 1.50. The molecule has 2 aromatic rings. The van der Waals surface area contributed by atoms with E-state index >= 15 is 0 Å². The number of halogens is 1. The fourth-order valence-corrected chi connectivity index (χ4v) is 1.67. The summed E-state index contributed by atoms with van der Waals surface area (Å²) >= 11 is 5.83. The molecule has 0 fully saturated rings. The van der Waals surface area contributed by atoms with Gasteiger partial charge in [0.2, 0.25) is 0 Å². The van der Waals surface area contributed by atoms with Gasteiger partial charge >= 0.3 is 0 Å². The van der Waals surface area contributed by atoms with Crippen molar-refractivity contribution >= 4 is 11.6 Å². The molecule has 0 aliphatic carbocycles. The summed E-state index contributed by atoms with van der Waals surface area (Å²) in [5, 5.41) is 9.53. The van der Waals surface area contributed by atoms with E-state index in [1.165, 1.54) is 0 Å². The van der Waals surface area contributed by atoms with Crippen molar-refractivity contribution in [3.8, 4) is 23.3 Å². The number of methoxy groups -OCH3 is 1. The predicted octanol–water partition coefficient (Wildman–Crippen LogP) is 4.01. The summed E-state index contributed by atoms with van der Waals surface area (Å²) in [6, 6.07) is 14.2. The van der Waals surface area contributed by atoms with E-state index < -0.39 is 0 Å². The van der Waals surface area contributed by atoms with Crippen molar-refractivity contribution < 1.29 is 9.47 Å². The van der Waals surface area contributed by atoms with Gasteiger partial charge in [0, 0.05) is 5.02 Å². The lowest BCUT2D eigenvalue weighted by atomic mass is 10.2. The molecule has 0 aromatic heterocycles. The first-order chi connectivity index (χ1) is 8.74. The Morgan fingerprint density at radius 3 is 2.44 bits per heavy atom. The zero-order chi connectivity index (χ0) is 13.0. The Kier molecular flexibility index (Phi) is 3.71. The van der Waals surface area contributed by atoms with Gasteiger partial charge in [-0.15, -0.1) is 0 Å². The van der Waals surface area contributed by atoms with Gasteiger partial charge in [0.25, 0.3) is 0 Å². The smallest absolute Gasteiger partial charge is 0.169 e. The quantitative estimate of drug-likeness (QED) is 0.836. The Balaban J connectivity index is 2.37. The number of hydrogen-bond acceptors (Lipinski definition) is 3. The van der Waals surface area contributed by atoms with Crippen LogP contribution in [0.4, 0.5) is 0 Å². The zero-order valence-corrected chi connectivity index (χ0v) is 10.4. The number of rotatable bonds is 3. The lowest BCUT2D eigenvalue weighted by Crippen LogP contribution is -1.91. The Bertz CT molecular complexity index is 605. The Hall–Kier alpha value is -2.18. The van der Waals surface area contributed by atoms with Gasteiger partial charge in [-0.1, -0.05) is 23.7 Å². The van der Waals surface area contributed by atoms with Crippen LogP contribution in [0.2, 0.25) is 5.02 Å². The topological polar surface area (TPSA) is 42.2 Å². The van der Waals surface area contributed by atoms with Crippen molar-refractivity contribution in [1.29, 1.82) is 5.26 Å². The zero-order valence-electron chi connectivity index (χ0n) is 9.68. The van der Waals surface area contributed by atoms with Crippen LogP contribution in [-0.2, 0) is 0 Å². The third-order valence-electron chi connectivity index (χ3n) is 2.35. The summed E-state index contributed by atoms with van der Waals surface area (Å²) in [5.74, 6) is 1.61. The largest absolute Gasteiger partial charge is 0.493 e. The lowest BCUT2D eigenvalue weighted by molar-refractivity contribution is 0.378. The average molecular weight is 260 g/mol. The molecule has 0 unspecified atom stereocenters. The highest BCUT2D eigenvalue weighted by atomic mass is 35.5. The minimum Gasteiger partial charge on any atom is -0.493 e. The van der Waals surface area contributed by atoms with Crippen molar-refractivity contribution in [2.75, 3.05) is 7.11 Å². The number of nitrogens with zero attached hydrogens (tertiary/aromatic N) is 1. The van der Waals surface area contributed by atoms with Crippen molar-refractivity contribution in [2.24, 2.45) is 0 Å². The fraction of sp³-hybridized carbons (Fsp3) is 0.0714. The van der Waals surface area contributed by atoms with Crippen LogP contribution in [0.5, 0.6) is 17.2 Å². The molecule has 0 saturated heterocycles. The van der Waals surface area contributed by atoms with Crippen LogP contribution in [0.1, 0.15) is 5.56 Å². The highest BCUT2D eigenvalue weighted by Crippen LogP contribution is 2.33. The lowest BCUT2D eigenvalue weighted by Gasteiger charge is -2.10. The molecule has 0 radical (unpaired) electrons. The standard InChI is InChI=1S/C14H10ClNO2/c1-17-13-4-2-3-5-14(13)18-12-7-6-11(15)8-10(12)9-16/h2-8H,1H3. The third kappa shape index (κ3) is 2.55. The molecule has 0 aliphatic heterocycles. The minimum atomic E-state index is 0.383. The van der Waals surface area contributed by atoms with Crippen molar-refractivity contribution in [3.05, 3.63) is 53.1 Å². The van der Waals surface area contributed by atoms with Crippen LogP contribution in [0.15, 0.2) is 42.5 Å². The third-order valence-corrected chi connectivity index (χ3v) is 2.59. The van der Waals surface area contributed by atoms with Crippen LogP contribution in [0, 0.1) is 11.3 Å². The molecule has 3 nitrogen and oxygen atoms in total. The number of para-hydroxylation sites is 2. The molecule has 4 heteroatoms. The van der Waals surface area contributed by atoms with E-state index in [4.69, 9.17) is 26.3 Å². The summed E-state index contributed by atoms with van der Waals surface area (Å²) in [7, 11) is 1.56. The van der Waals surface area contributed by atoms with Gasteiger partial charge in [0.1, 0.15) is 11.8 Å². The van der Waals surface area contributed by atoms with Gasteiger partial charge < -0.3 is 9.47 Å². The maximum Gasteiger partial charge on any atom is 0.169 e. The molecule has 0 saturated carbocycles. The summed E-state index contributed by atoms with van der Waals surface area (Å²) in [5.41, 5.74) is 0.383. The van der Waals surface area contributed by atoms with E-state index in [1.54, 1.807) is 37.4 Å². The predicted molar refractivity (Wildman–Crippen MR) is 69.2 cm³/mol. The summed E-state index contributed by atoms with van der Waals surface area (Å²) in [4.78, 5) is 0. The Morgan fingerprint density at radius 2 is 1.78 bits per heavy atom. The number of hydrogen-bond donors (Lipinski definition) is 0. The second kappa shape index (κ2) is 5.44. The van der Waals surface area contributed by atoms with Crippen LogP contribution in [0.25, 0.3) is 0 Å². The maximum atomic E-state index is 9.03. The molecule has 0 aliphatic rings. The van der Waals surface area contributed by atoms with Crippen molar-refractivity contribution in [3.63, 3.8) is 0 Å². The molecule has 2 aromatic carbocycles. The van der Waals surface area contributed by atoms with Crippen LogP contribution in [0.3, 0.4) is 0 Å². The van der Waals surface area contributed by atoms with Crippen molar-refractivity contribution in [2.45, 2.75) is 0 Å². The van der Waals surface area contributed by atoms with Crippen LogP contribution in [-0.4, -0.2) is 7.11 Å². The molecule has 0 heterocycles. The Labute approximate surface area is 110 Å². The second-order valence-corrected chi connectivity index (χ2v) is 3.94. The number of nitriles is 1. The molecule has 0 N–H and O–H groups in total. The molecular weight excluding hydrogens is 250 g/mol. The van der Waals surface area contributed by atoms with Gasteiger partial charge in [-0.3, -0.25) is 0 Å². The van der Waals surface area contributed by atoms with E-state index in [-0.39, 0.29) is 0 Å². The highest BCUT2D eigenvalue weighted by Gasteiger charge is 2.08. The monoisotopic (exact) mass is 259 g/mol. The summed E-state index contributed by atoms with van der Waals surface area (Å²) in [6.07, 6.45) is 0. The molecule has 0 spiro atoms. The molecule has 0 bridgehead atoms.